The summed E-state index contributed by atoms with van der Waals surface area (Å²) in [4.78, 5) is 25.0. The molecule has 1 amide bonds. The number of rotatable bonds is 4. The van der Waals surface area contributed by atoms with Gasteiger partial charge in [0, 0.05) is 0 Å². The summed E-state index contributed by atoms with van der Waals surface area (Å²) in [5, 5.41) is 2.07. The van der Waals surface area contributed by atoms with E-state index in [4.69, 9.17) is 16.3 Å². The van der Waals surface area contributed by atoms with E-state index in [0.717, 1.165) is 30.4 Å². The smallest absolute Gasteiger partial charge is 0.331 e. The molecule has 126 valence electrons. The van der Waals surface area contributed by atoms with Crippen molar-refractivity contribution in [2.75, 3.05) is 7.11 Å². The highest BCUT2D eigenvalue weighted by Crippen LogP contribution is 2.35. The van der Waals surface area contributed by atoms with Crippen molar-refractivity contribution in [1.82, 2.24) is 5.32 Å². The van der Waals surface area contributed by atoms with E-state index in [-0.39, 0.29) is 17.8 Å². The fourth-order valence-corrected chi connectivity index (χ4v) is 3.44. The van der Waals surface area contributed by atoms with Crippen molar-refractivity contribution >= 4 is 23.5 Å². The number of benzene rings is 1. The maximum atomic E-state index is 12.6. The Kier molecular flexibility index (Phi) is 5.69. The Labute approximate surface area is 142 Å². The minimum atomic E-state index is -0.970. The molecule has 3 unspecified atom stereocenters. The Balaban J connectivity index is 2.20. The van der Waals surface area contributed by atoms with Crippen LogP contribution >= 0.6 is 11.6 Å². The minimum absolute atomic E-state index is 0.0227. The van der Waals surface area contributed by atoms with E-state index < -0.39 is 10.9 Å². The van der Waals surface area contributed by atoms with E-state index in [1.54, 1.807) is 0 Å². The van der Waals surface area contributed by atoms with Crippen molar-refractivity contribution in [3.05, 3.63) is 35.4 Å². The highest BCUT2D eigenvalue weighted by atomic mass is 35.5. The zero-order valence-electron chi connectivity index (χ0n) is 13.9. The molecule has 2 rings (SSSR count). The van der Waals surface area contributed by atoms with E-state index in [1.165, 1.54) is 7.11 Å². The van der Waals surface area contributed by atoms with Gasteiger partial charge in [-0.2, -0.15) is 0 Å². The van der Waals surface area contributed by atoms with Crippen molar-refractivity contribution in [3.63, 3.8) is 0 Å². The third-order valence-electron chi connectivity index (χ3n) is 4.80. The number of methoxy groups -OCH3 is 1. The Bertz CT molecular complexity index is 572. The number of hydrogen-bond donors (Lipinski definition) is 1. The summed E-state index contributed by atoms with van der Waals surface area (Å²) in [5.41, 5.74) is 0.852. The van der Waals surface area contributed by atoms with Crippen LogP contribution in [0.5, 0.6) is 0 Å². The number of halogens is 1. The molecule has 0 aliphatic heterocycles. The molecule has 0 saturated heterocycles. The van der Waals surface area contributed by atoms with Crippen molar-refractivity contribution < 1.29 is 14.3 Å². The van der Waals surface area contributed by atoms with Gasteiger partial charge >= 0.3 is 5.97 Å². The van der Waals surface area contributed by atoms with Crippen LogP contribution < -0.4 is 5.32 Å². The van der Waals surface area contributed by atoms with Crippen LogP contribution in [-0.2, 0) is 14.3 Å². The van der Waals surface area contributed by atoms with Crippen molar-refractivity contribution in [2.24, 2.45) is 5.92 Å². The van der Waals surface area contributed by atoms with Gasteiger partial charge in [-0.1, -0.05) is 49.6 Å². The van der Waals surface area contributed by atoms with Gasteiger partial charge < -0.3 is 10.1 Å². The van der Waals surface area contributed by atoms with E-state index in [2.05, 4.69) is 5.32 Å². The van der Waals surface area contributed by atoms with Gasteiger partial charge in [-0.25, -0.2) is 4.79 Å². The number of hydrogen-bond acceptors (Lipinski definition) is 3. The summed E-state index contributed by atoms with van der Waals surface area (Å²) in [6.45, 7) is 3.95. The molecule has 23 heavy (non-hydrogen) atoms. The summed E-state index contributed by atoms with van der Waals surface area (Å²) < 4.78 is 4.97. The monoisotopic (exact) mass is 337 g/mol. The van der Waals surface area contributed by atoms with Gasteiger partial charge in [-0.15, -0.1) is 11.6 Å². The lowest BCUT2D eigenvalue weighted by Crippen LogP contribution is -2.61. The zero-order chi connectivity index (χ0) is 17.0. The van der Waals surface area contributed by atoms with Crippen molar-refractivity contribution in [1.29, 1.82) is 0 Å². The van der Waals surface area contributed by atoms with Crippen molar-refractivity contribution in [2.45, 2.75) is 50.4 Å². The first kappa shape index (κ1) is 17.8. The molecule has 0 spiro atoms. The van der Waals surface area contributed by atoms with Crippen LogP contribution in [0, 0.1) is 12.8 Å². The molecular weight excluding hydrogens is 314 g/mol. The second-order valence-electron chi connectivity index (χ2n) is 6.37. The number of amides is 1. The molecule has 1 fully saturated rings. The second kappa shape index (κ2) is 7.35. The maximum Gasteiger partial charge on any atom is 0.331 e. The quantitative estimate of drug-likeness (QED) is 0.675. The van der Waals surface area contributed by atoms with Gasteiger partial charge in [-0.3, -0.25) is 4.79 Å². The highest BCUT2D eigenvalue weighted by molar-refractivity contribution is 6.31. The van der Waals surface area contributed by atoms with Crippen LogP contribution in [-0.4, -0.2) is 24.5 Å². The molecule has 0 bridgehead atoms. The summed E-state index contributed by atoms with van der Waals surface area (Å²) in [7, 11) is 1.36. The van der Waals surface area contributed by atoms with E-state index in [9.17, 15) is 9.59 Å². The fourth-order valence-electron chi connectivity index (χ4n) is 3.24. The van der Waals surface area contributed by atoms with Crippen LogP contribution in [0.2, 0.25) is 0 Å². The third-order valence-corrected chi connectivity index (χ3v) is 5.25. The molecule has 1 aliphatic rings. The fraction of sp³-hybridized carbons (Fsp3) is 0.556. The number of ether oxygens (including phenoxy) is 1. The summed E-state index contributed by atoms with van der Waals surface area (Å²) in [6, 6.07) is 7.50. The molecular formula is C18H24ClNO3. The average Bonchev–Trinajstić information content (AvgIpc) is 2.56. The first-order valence-electron chi connectivity index (χ1n) is 8.02. The molecule has 4 nitrogen and oxygen atoms in total. The van der Waals surface area contributed by atoms with Crippen LogP contribution in [0.15, 0.2) is 24.3 Å². The van der Waals surface area contributed by atoms with Gasteiger partial charge in [0.25, 0.3) is 0 Å². The predicted molar refractivity (Wildman–Crippen MR) is 90.3 cm³/mol. The SMILES string of the molecule is COC(=O)C1(NC(=O)C(Cl)c2ccc(C)cc2)CCCCC1C. The van der Waals surface area contributed by atoms with Crippen LogP contribution in [0.3, 0.4) is 0 Å². The van der Waals surface area contributed by atoms with Gasteiger partial charge in [-0.05, 0) is 31.2 Å². The molecule has 1 aromatic rings. The Morgan fingerprint density at radius 2 is 1.96 bits per heavy atom. The Hall–Kier alpha value is -1.55. The molecule has 0 aromatic heterocycles. The highest BCUT2D eigenvalue weighted by Gasteiger charge is 2.47. The summed E-state index contributed by atoms with van der Waals surface area (Å²) >= 11 is 6.32. The minimum Gasteiger partial charge on any atom is -0.467 e. The second-order valence-corrected chi connectivity index (χ2v) is 6.81. The number of carbonyl (C=O) groups excluding carboxylic acids is 2. The van der Waals surface area contributed by atoms with E-state index in [1.807, 2.05) is 38.1 Å². The first-order chi connectivity index (χ1) is 10.9. The van der Waals surface area contributed by atoms with Gasteiger partial charge in [0.15, 0.2) is 0 Å². The normalized spacial score (nSPS) is 25.5. The molecule has 0 radical (unpaired) electrons. The average molecular weight is 338 g/mol. The maximum absolute atomic E-state index is 12.6. The molecule has 1 aromatic carbocycles. The lowest BCUT2D eigenvalue weighted by atomic mass is 9.73. The van der Waals surface area contributed by atoms with Crippen LogP contribution in [0.1, 0.15) is 49.1 Å². The number of aryl methyl sites for hydroxylation is 1. The Morgan fingerprint density at radius 3 is 2.52 bits per heavy atom. The summed E-state index contributed by atoms with van der Waals surface area (Å²) in [6.07, 6.45) is 3.41. The van der Waals surface area contributed by atoms with E-state index >= 15 is 0 Å². The lowest BCUT2D eigenvalue weighted by molar-refractivity contribution is -0.155. The standard InChI is InChI=1S/C18H24ClNO3/c1-12-7-9-14(10-8-12)15(19)16(21)20-18(17(22)23-3)11-5-4-6-13(18)2/h7-10,13,15H,4-6,11H2,1-3H3,(H,20,21). The van der Waals surface area contributed by atoms with Gasteiger partial charge in [0.2, 0.25) is 5.91 Å². The molecule has 3 atom stereocenters. The lowest BCUT2D eigenvalue weighted by Gasteiger charge is -2.41. The zero-order valence-corrected chi connectivity index (χ0v) is 14.7. The van der Waals surface area contributed by atoms with Gasteiger partial charge in [0.05, 0.1) is 7.11 Å². The number of carbonyl (C=O) groups is 2. The predicted octanol–water partition coefficient (Wildman–Crippen LogP) is 3.51. The largest absolute Gasteiger partial charge is 0.467 e. The van der Waals surface area contributed by atoms with Crippen LogP contribution in [0.25, 0.3) is 0 Å². The molecule has 5 heteroatoms. The van der Waals surface area contributed by atoms with Crippen LogP contribution in [0.4, 0.5) is 0 Å². The molecule has 1 aliphatic carbocycles. The van der Waals surface area contributed by atoms with E-state index in [0.29, 0.717) is 6.42 Å². The number of nitrogens with one attached hydrogen (secondary N) is 1. The van der Waals surface area contributed by atoms with Gasteiger partial charge in [0.1, 0.15) is 10.9 Å². The van der Waals surface area contributed by atoms with Crippen molar-refractivity contribution in [3.8, 4) is 0 Å². The third kappa shape index (κ3) is 3.69. The molecule has 1 saturated carbocycles. The first-order valence-corrected chi connectivity index (χ1v) is 8.45. The topological polar surface area (TPSA) is 55.4 Å². The Morgan fingerprint density at radius 1 is 1.30 bits per heavy atom. The summed E-state index contributed by atoms with van der Waals surface area (Å²) in [5.74, 6) is -0.713. The molecule has 0 heterocycles. The number of alkyl halides is 1. The molecule has 1 N–H and O–H groups in total. The number of esters is 1.